The smallest absolute Gasteiger partial charge is 0.463 e. The van der Waals surface area contributed by atoms with E-state index < -0.39 is 26.5 Å². The molecule has 0 rings (SSSR count). The topological polar surface area (TPSA) is 131 Å². The van der Waals surface area contributed by atoms with E-state index in [4.69, 9.17) is 13.8 Å². The van der Waals surface area contributed by atoms with Gasteiger partial charge >= 0.3 is 13.8 Å². The molecule has 0 spiro atoms. The van der Waals surface area contributed by atoms with E-state index >= 15 is 0 Å². The normalized spacial score (nSPS) is 14.1. The van der Waals surface area contributed by atoms with Gasteiger partial charge in [0.25, 0.3) is 0 Å². The number of amides is 1. The summed E-state index contributed by atoms with van der Waals surface area (Å²) in [5.41, 5.74) is 0. The molecule has 0 aliphatic rings. The highest BCUT2D eigenvalue weighted by molar-refractivity contribution is 7.47. The van der Waals surface area contributed by atoms with Crippen LogP contribution >= 0.6 is 7.82 Å². The molecular formula is C52H88NO8P. The van der Waals surface area contributed by atoms with Crippen LogP contribution in [-0.2, 0) is 27.9 Å². The highest BCUT2D eigenvalue weighted by Crippen LogP contribution is 2.42. The van der Waals surface area contributed by atoms with Gasteiger partial charge in [-0.05, 0) is 89.9 Å². The number of nitrogens with one attached hydrogen (secondary N) is 1. The quantitative estimate of drug-likeness (QED) is 0.0239. The molecule has 9 nitrogen and oxygen atoms in total. The summed E-state index contributed by atoms with van der Waals surface area (Å²) in [6.45, 7) is 3.36. The molecule has 0 aliphatic carbocycles. The Hall–Kier alpha value is -3.07. The first-order valence-electron chi connectivity index (χ1n) is 24.2. The van der Waals surface area contributed by atoms with Crippen LogP contribution in [0.2, 0.25) is 0 Å². The molecule has 0 aliphatic heterocycles. The molecule has 0 saturated carbocycles. The fraction of sp³-hybridized carbons (Fsp3) is 0.654. The maximum atomic E-state index is 12.1. The largest absolute Gasteiger partial charge is 0.472 e. The molecule has 2 atom stereocenters. The monoisotopic (exact) mass is 886 g/mol. The van der Waals surface area contributed by atoms with Crippen LogP contribution in [0.3, 0.4) is 0 Å². The van der Waals surface area contributed by atoms with Crippen LogP contribution in [0.25, 0.3) is 0 Å². The molecule has 0 radical (unpaired) electrons. The lowest BCUT2D eigenvalue weighted by molar-refractivity contribution is -0.147. The van der Waals surface area contributed by atoms with E-state index in [9.17, 15) is 24.2 Å². The lowest BCUT2D eigenvalue weighted by Crippen LogP contribution is -2.27. The second-order valence-electron chi connectivity index (χ2n) is 15.7. The zero-order valence-electron chi connectivity index (χ0n) is 39.0. The van der Waals surface area contributed by atoms with E-state index in [2.05, 4.69) is 110 Å². The van der Waals surface area contributed by atoms with Crippen molar-refractivity contribution in [3.8, 4) is 0 Å². The van der Waals surface area contributed by atoms with Gasteiger partial charge in [-0.2, -0.15) is 0 Å². The van der Waals surface area contributed by atoms with Crippen LogP contribution in [0, 0.1) is 0 Å². The Balaban J connectivity index is 3.71. The van der Waals surface area contributed by atoms with Crippen LogP contribution in [0.15, 0.2) is 97.2 Å². The van der Waals surface area contributed by atoms with Crippen molar-refractivity contribution in [3.63, 3.8) is 0 Å². The standard InChI is InChI=1S/C52H88NO8P/c1-3-5-7-9-11-13-15-17-19-21-23-24-25-26-27-29-31-33-35-37-39-41-43-45-52(56)59-48-50(54)49-61-62(57,58)60-47-46-53-51(55)44-42-40-38-36-34-32-30-28-22-20-18-16-14-12-10-8-6-4-2/h5,7,11,13,17,19-20,22-24,26-27,31,33,37,39,50,54H,3-4,6,8-10,12,14-16,18,21,25,28-30,32,34-36,38,40-49H2,1-2H3,(H,53,55)(H,57,58)/b7-5-,13-11-,19-17-,22-20-,24-23-,27-26-,33-31-,39-37-. The molecule has 0 aromatic rings. The Morgan fingerprint density at radius 1 is 0.516 bits per heavy atom. The number of aliphatic hydroxyl groups excluding tert-OH is 1. The number of hydrogen-bond donors (Lipinski definition) is 3. The summed E-state index contributed by atoms with van der Waals surface area (Å²) in [4.78, 5) is 34.0. The molecular weight excluding hydrogens is 798 g/mol. The van der Waals surface area contributed by atoms with Crippen LogP contribution in [0.5, 0.6) is 0 Å². The molecule has 0 fully saturated rings. The van der Waals surface area contributed by atoms with Crippen molar-refractivity contribution in [2.24, 2.45) is 0 Å². The van der Waals surface area contributed by atoms with Gasteiger partial charge in [-0.3, -0.25) is 18.6 Å². The molecule has 0 aromatic heterocycles. The fourth-order valence-electron chi connectivity index (χ4n) is 6.13. The van der Waals surface area contributed by atoms with Gasteiger partial charge in [-0.25, -0.2) is 4.57 Å². The molecule has 354 valence electrons. The number of aliphatic hydroxyl groups is 1. The van der Waals surface area contributed by atoms with E-state index in [0.717, 1.165) is 70.6 Å². The van der Waals surface area contributed by atoms with Crippen LogP contribution in [0.1, 0.15) is 187 Å². The summed E-state index contributed by atoms with van der Waals surface area (Å²) in [6, 6.07) is 0. The van der Waals surface area contributed by atoms with Gasteiger partial charge in [0.15, 0.2) is 0 Å². The summed E-state index contributed by atoms with van der Waals surface area (Å²) in [6.07, 6.45) is 62.0. The van der Waals surface area contributed by atoms with Gasteiger partial charge in [-0.15, -0.1) is 0 Å². The first-order chi connectivity index (χ1) is 30.3. The van der Waals surface area contributed by atoms with Gasteiger partial charge in [0, 0.05) is 19.4 Å². The highest BCUT2D eigenvalue weighted by atomic mass is 31.2. The SMILES string of the molecule is CC/C=C\C/C=C\C/C=C\C/C=C\C/C=C\C/C=C\C/C=C\CCCC(=O)OCC(O)COP(=O)(O)OCCNC(=O)CCCCCCCCC/C=C\CCCCCCCCC. The van der Waals surface area contributed by atoms with Crippen LogP contribution < -0.4 is 5.32 Å². The van der Waals surface area contributed by atoms with Gasteiger partial charge in [-0.1, -0.05) is 182 Å². The molecule has 2 unspecified atom stereocenters. The highest BCUT2D eigenvalue weighted by Gasteiger charge is 2.23. The van der Waals surface area contributed by atoms with Crippen molar-refractivity contribution >= 4 is 19.7 Å². The Kier molecular flexibility index (Phi) is 45.1. The van der Waals surface area contributed by atoms with E-state index in [1.54, 1.807) is 0 Å². The first kappa shape index (κ1) is 58.9. The number of esters is 1. The number of ether oxygens (including phenoxy) is 1. The van der Waals surface area contributed by atoms with Crippen molar-refractivity contribution in [1.29, 1.82) is 0 Å². The molecule has 0 aromatic carbocycles. The van der Waals surface area contributed by atoms with E-state index in [1.807, 2.05) is 6.08 Å². The zero-order valence-corrected chi connectivity index (χ0v) is 39.9. The predicted molar refractivity (Wildman–Crippen MR) is 261 cm³/mol. The molecule has 10 heteroatoms. The second-order valence-corrected chi connectivity index (χ2v) is 17.1. The number of unbranched alkanes of at least 4 members (excludes halogenated alkanes) is 15. The zero-order chi connectivity index (χ0) is 45.3. The van der Waals surface area contributed by atoms with E-state index in [1.165, 1.54) is 83.5 Å². The number of carbonyl (C=O) groups is 2. The molecule has 62 heavy (non-hydrogen) atoms. The summed E-state index contributed by atoms with van der Waals surface area (Å²) in [5, 5.41) is 12.7. The van der Waals surface area contributed by atoms with E-state index in [-0.39, 0.29) is 32.1 Å². The minimum absolute atomic E-state index is 0.0676. The van der Waals surface area contributed by atoms with Crippen molar-refractivity contribution < 1.29 is 37.9 Å². The molecule has 0 heterocycles. The minimum Gasteiger partial charge on any atom is -0.463 e. The second kappa shape index (κ2) is 47.4. The number of rotatable bonds is 44. The average molecular weight is 886 g/mol. The Morgan fingerprint density at radius 3 is 1.44 bits per heavy atom. The maximum absolute atomic E-state index is 12.1. The van der Waals surface area contributed by atoms with Crippen LogP contribution in [-0.4, -0.2) is 54.3 Å². The molecule has 3 N–H and O–H groups in total. The van der Waals surface area contributed by atoms with Gasteiger partial charge in [0.05, 0.1) is 13.2 Å². The number of phosphoric acid groups is 1. The number of carbonyl (C=O) groups excluding carboxylic acids is 2. The summed E-state index contributed by atoms with van der Waals surface area (Å²) < 4.78 is 26.9. The third kappa shape index (κ3) is 48.0. The Labute approximate surface area is 378 Å². The van der Waals surface area contributed by atoms with E-state index in [0.29, 0.717) is 12.8 Å². The minimum atomic E-state index is -4.44. The van der Waals surface area contributed by atoms with Crippen LogP contribution in [0.4, 0.5) is 0 Å². The molecule has 0 saturated heterocycles. The Bertz CT molecular complexity index is 1330. The van der Waals surface area contributed by atoms with Gasteiger partial charge < -0.3 is 20.1 Å². The predicted octanol–water partition coefficient (Wildman–Crippen LogP) is 14.2. The molecule has 0 bridgehead atoms. The maximum Gasteiger partial charge on any atom is 0.472 e. The van der Waals surface area contributed by atoms with Crippen molar-refractivity contribution in [1.82, 2.24) is 5.32 Å². The fourth-order valence-corrected chi connectivity index (χ4v) is 6.89. The third-order valence-corrected chi connectivity index (χ3v) is 10.7. The summed E-state index contributed by atoms with van der Waals surface area (Å²) in [7, 11) is -4.44. The van der Waals surface area contributed by atoms with Crippen molar-refractivity contribution in [2.75, 3.05) is 26.4 Å². The Morgan fingerprint density at radius 2 is 0.935 bits per heavy atom. The lowest BCUT2D eigenvalue weighted by atomic mass is 10.1. The lowest BCUT2D eigenvalue weighted by Gasteiger charge is -2.15. The summed E-state index contributed by atoms with van der Waals surface area (Å²) in [5.74, 6) is -0.587. The van der Waals surface area contributed by atoms with Gasteiger partial charge in [0.2, 0.25) is 5.91 Å². The first-order valence-corrected chi connectivity index (χ1v) is 25.7. The average Bonchev–Trinajstić information content (AvgIpc) is 3.26. The van der Waals surface area contributed by atoms with Gasteiger partial charge in [0.1, 0.15) is 12.7 Å². The van der Waals surface area contributed by atoms with Crippen molar-refractivity contribution in [3.05, 3.63) is 97.2 Å². The van der Waals surface area contributed by atoms with Crippen molar-refractivity contribution in [2.45, 2.75) is 193 Å². The molecule has 1 amide bonds. The summed E-state index contributed by atoms with van der Waals surface area (Å²) >= 11 is 0. The number of phosphoric ester groups is 1. The number of allylic oxidation sites excluding steroid dienone is 16. The number of hydrogen-bond acceptors (Lipinski definition) is 7. The third-order valence-electron chi connectivity index (χ3n) is 9.75.